The van der Waals surface area contributed by atoms with Crippen molar-refractivity contribution in [3.63, 3.8) is 0 Å². The second kappa shape index (κ2) is 9.92. The molecule has 0 bridgehead atoms. The first-order chi connectivity index (χ1) is 16.0. The zero-order valence-corrected chi connectivity index (χ0v) is 18.3. The number of fused-ring (bicyclic) bond motifs is 1. The lowest BCUT2D eigenvalue weighted by molar-refractivity contribution is -0.112. The van der Waals surface area contributed by atoms with Crippen LogP contribution in [0, 0.1) is 6.92 Å². The molecule has 0 unspecified atom stereocenters. The second-order valence-electron chi connectivity index (χ2n) is 7.94. The van der Waals surface area contributed by atoms with E-state index >= 15 is 0 Å². The van der Waals surface area contributed by atoms with E-state index in [1.165, 1.54) is 0 Å². The summed E-state index contributed by atoms with van der Waals surface area (Å²) < 4.78 is 0. The van der Waals surface area contributed by atoms with Crippen molar-refractivity contribution in [2.75, 3.05) is 0 Å². The van der Waals surface area contributed by atoms with Crippen LogP contribution in [-0.4, -0.2) is 29.2 Å². The molecule has 0 saturated carbocycles. The van der Waals surface area contributed by atoms with Crippen LogP contribution >= 0.6 is 0 Å². The van der Waals surface area contributed by atoms with Gasteiger partial charge in [-0.3, -0.25) is 15.0 Å². The molecule has 4 rings (SSSR count). The van der Waals surface area contributed by atoms with Crippen LogP contribution in [0.15, 0.2) is 97.1 Å². The SMILES string of the molecule is Cc1ccc2cc(C(=O)NN(C(=O)c3ccccc3)[C@H](C=O)Cc3ccccc3)ccc2c1. The Morgan fingerprint density at radius 3 is 2.15 bits per heavy atom. The number of hydrogen-bond acceptors (Lipinski definition) is 3. The Kier molecular flexibility index (Phi) is 6.60. The van der Waals surface area contributed by atoms with Gasteiger partial charge in [-0.2, -0.15) is 0 Å². The zero-order valence-electron chi connectivity index (χ0n) is 18.3. The Morgan fingerprint density at radius 2 is 1.45 bits per heavy atom. The molecule has 0 spiro atoms. The highest BCUT2D eigenvalue weighted by Gasteiger charge is 2.27. The minimum atomic E-state index is -0.868. The predicted molar refractivity (Wildman–Crippen MR) is 129 cm³/mol. The summed E-state index contributed by atoms with van der Waals surface area (Å²) >= 11 is 0. The highest BCUT2D eigenvalue weighted by atomic mass is 16.2. The molecule has 0 heterocycles. The van der Waals surface area contributed by atoms with Gasteiger partial charge in [-0.15, -0.1) is 0 Å². The standard InChI is InChI=1S/C28H24N2O3/c1-20-12-13-24-18-25(15-14-23(24)16-20)27(32)29-30(28(33)22-10-6-3-7-11-22)26(19-31)17-21-8-4-2-5-9-21/h2-16,18-19,26H,17H2,1H3,(H,29,32)/t26-/m0/s1. The quantitative estimate of drug-likeness (QED) is 0.351. The maximum Gasteiger partial charge on any atom is 0.272 e. The van der Waals surface area contributed by atoms with Crippen molar-refractivity contribution in [3.05, 3.63) is 119 Å². The van der Waals surface area contributed by atoms with Crippen molar-refractivity contribution in [3.8, 4) is 0 Å². The summed E-state index contributed by atoms with van der Waals surface area (Å²) in [6.45, 7) is 2.01. The van der Waals surface area contributed by atoms with Gasteiger partial charge in [0.25, 0.3) is 11.8 Å². The molecule has 2 amide bonds. The second-order valence-corrected chi connectivity index (χ2v) is 7.94. The predicted octanol–water partition coefficient (Wildman–Crippen LogP) is 4.75. The van der Waals surface area contributed by atoms with Gasteiger partial charge in [0.05, 0.1) is 0 Å². The third-order valence-corrected chi connectivity index (χ3v) is 5.50. The van der Waals surface area contributed by atoms with Gasteiger partial charge in [-0.05, 0) is 47.5 Å². The topological polar surface area (TPSA) is 66.5 Å². The molecule has 0 radical (unpaired) electrons. The summed E-state index contributed by atoms with van der Waals surface area (Å²) in [4.78, 5) is 38.5. The van der Waals surface area contributed by atoms with Crippen LogP contribution < -0.4 is 5.43 Å². The Balaban J connectivity index is 1.65. The van der Waals surface area contributed by atoms with E-state index in [0.29, 0.717) is 17.4 Å². The summed E-state index contributed by atoms with van der Waals surface area (Å²) in [5, 5.41) is 3.08. The first kappa shape index (κ1) is 22.0. The van der Waals surface area contributed by atoms with E-state index in [-0.39, 0.29) is 6.42 Å². The van der Waals surface area contributed by atoms with Gasteiger partial charge < -0.3 is 4.79 Å². The van der Waals surface area contributed by atoms with Gasteiger partial charge in [0.1, 0.15) is 12.3 Å². The molecule has 1 atom stereocenters. The minimum absolute atomic E-state index is 0.278. The van der Waals surface area contributed by atoms with E-state index in [1.807, 2.05) is 61.5 Å². The fourth-order valence-electron chi connectivity index (χ4n) is 3.74. The van der Waals surface area contributed by atoms with Crippen LogP contribution in [0.4, 0.5) is 0 Å². The number of hydrazine groups is 1. The molecule has 0 aliphatic heterocycles. The Labute approximate surface area is 192 Å². The Bertz CT molecular complexity index is 1290. The number of aldehydes is 1. The van der Waals surface area contributed by atoms with Crippen molar-refractivity contribution in [2.45, 2.75) is 19.4 Å². The molecule has 1 N–H and O–H groups in total. The van der Waals surface area contributed by atoms with Crippen LogP contribution in [0.1, 0.15) is 31.8 Å². The van der Waals surface area contributed by atoms with Crippen LogP contribution in [0.5, 0.6) is 0 Å². The highest BCUT2D eigenvalue weighted by molar-refractivity contribution is 6.02. The molecule has 5 nitrogen and oxygen atoms in total. The summed E-state index contributed by atoms with van der Waals surface area (Å²) in [6, 6.07) is 28.5. The van der Waals surface area contributed by atoms with Crippen molar-refractivity contribution in [1.82, 2.24) is 10.4 Å². The van der Waals surface area contributed by atoms with Crippen molar-refractivity contribution < 1.29 is 14.4 Å². The monoisotopic (exact) mass is 436 g/mol. The summed E-state index contributed by atoms with van der Waals surface area (Å²) in [5.74, 6) is -0.907. The Morgan fingerprint density at radius 1 is 0.818 bits per heavy atom. The molecule has 0 aliphatic carbocycles. The molecular formula is C28H24N2O3. The first-order valence-corrected chi connectivity index (χ1v) is 10.7. The zero-order chi connectivity index (χ0) is 23.2. The maximum atomic E-state index is 13.3. The lowest BCUT2D eigenvalue weighted by Gasteiger charge is -2.29. The molecule has 0 aliphatic rings. The number of amides is 2. The van der Waals surface area contributed by atoms with E-state index < -0.39 is 17.9 Å². The number of hydrogen-bond donors (Lipinski definition) is 1. The fraction of sp³-hybridized carbons (Fsp3) is 0.107. The molecule has 0 aromatic heterocycles. The number of benzene rings is 4. The molecule has 4 aromatic rings. The summed E-state index contributed by atoms with van der Waals surface area (Å²) in [6.07, 6.45) is 0.970. The highest BCUT2D eigenvalue weighted by Crippen LogP contribution is 2.18. The van der Waals surface area contributed by atoms with Gasteiger partial charge in [-0.25, -0.2) is 5.01 Å². The van der Waals surface area contributed by atoms with E-state index in [2.05, 4.69) is 5.43 Å². The van der Waals surface area contributed by atoms with Crippen molar-refractivity contribution in [1.29, 1.82) is 0 Å². The fourth-order valence-corrected chi connectivity index (χ4v) is 3.74. The van der Waals surface area contributed by atoms with Crippen LogP contribution in [0.25, 0.3) is 10.8 Å². The number of aryl methyl sites for hydroxylation is 1. The summed E-state index contributed by atoms with van der Waals surface area (Å²) in [7, 11) is 0. The Hall–Kier alpha value is -4.25. The lowest BCUT2D eigenvalue weighted by Crippen LogP contribution is -2.53. The van der Waals surface area contributed by atoms with Gasteiger partial charge in [0.2, 0.25) is 0 Å². The van der Waals surface area contributed by atoms with Crippen molar-refractivity contribution >= 4 is 28.9 Å². The van der Waals surface area contributed by atoms with E-state index in [0.717, 1.165) is 26.9 Å². The van der Waals surface area contributed by atoms with Crippen LogP contribution in [0.2, 0.25) is 0 Å². The van der Waals surface area contributed by atoms with E-state index in [1.54, 1.807) is 42.5 Å². The molecule has 33 heavy (non-hydrogen) atoms. The normalized spacial score (nSPS) is 11.5. The van der Waals surface area contributed by atoms with Crippen molar-refractivity contribution in [2.24, 2.45) is 0 Å². The van der Waals surface area contributed by atoms with E-state index in [4.69, 9.17) is 0 Å². The average molecular weight is 437 g/mol. The number of nitrogens with one attached hydrogen (secondary N) is 1. The maximum absolute atomic E-state index is 13.3. The molecule has 5 heteroatoms. The van der Waals surface area contributed by atoms with Gasteiger partial charge in [0.15, 0.2) is 0 Å². The molecular weight excluding hydrogens is 412 g/mol. The van der Waals surface area contributed by atoms with Crippen LogP contribution in [-0.2, 0) is 11.2 Å². The molecule has 4 aromatic carbocycles. The number of carbonyl (C=O) groups excluding carboxylic acids is 3. The average Bonchev–Trinajstić information content (AvgIpc) is 2.86. The summed E-state index contributed by atoms with van der Waals surface area (Å²) in [5.41, 5.74) is 5.50. The largest absolute Gasteiger partial charge is 0.301 e. The molecule has 0 saturated heterocycles. The van der Waals surface area contributed by atoms with E-state index in [9.17, 15) is 14.4 Å². The number of rotatable bonds is 6. The van der Waals surface area contributed by atoms with Crippen LogP contribution in [0.3, 0.4) is 0 Å². The number of carbonyl (C=O) groups is 3. The van der Waals surface area contributed by atoms with Gasteiger partial charge in [0, 0.05) is 17.5 Å². The third kappa shape index (κ3) is 5.15. The van der Waals surface area contributed by atoms with Gasteiger partial charge in [-0.1, -0.05) is 78.4 Å². The number of nitrogens with zero attached hydrogens (tertiary/aromatic N) is 1. The molecule has 164 valence electrons. The van der Waals surface area contributed by atoms with Gasteiger partial charge >= 0.3 is 0 Å². The lowest BCUT2D eigenvalue weighted by atomic mass is 10.0. The minimum Gasteiger partial charge on any atom is -0.301 e. The first-order valence-electron chi connectivity index (χ1n) is 10.7. The third-order valence-electron chi connectivity index (χ3n) is 5.50. The smallest absolute Gasteiger partial charge is 0.272 e. The molecule has 0 fully saturated rings.